The molecule has 1 aromatic rings. The van der Waals surface area contributed by atoms with Crippen LogP contribution in [0.4, 0.5) is 0 Å². The fraction of sp³-hybridized carbons (Fsp3) is 0.562. The van der Waals surface area contributed by atoms with Crippen molar-refractivity contribution in [2.75, 3.05) is 33.3 Å². The number of piperidine rings is 1. The molecule has 3 N–H and O–H groups in total. The normalized spacial score (nSPS) is 18.9. The maximum atomic E-state index is 12.5. The average molecular weight is 434 g/mol. The van der Waals surface area contributed by atoms with Crippen LogP contribution in [0.3, 0.4) is 0 Å². The van der Waals surface area contributed by atoms with Crippen LogP contribution in [0.1, 0.15) is 19.3 Å². The van der Waals surface area contributed by atoms with Crippen LogP contribution in [0.25, 0.3) is 0 Å². The van der Waals surface area contributed by atoms with E-state index in [9.17, 15) is 13.2 Å². The fourth-order valence-corrected chi connectivity index (χ4v) is 4.72. The number of primary amides is 1. The maximum absolute atomic E-state index is 12.5. The van der Waals surface area contributed by atoms with Gasteiger partial charge < -0.3 is 15.4 Å². The number of likely N-dealkylation sites (tertiary alicyclic amines) is 1. The number of carbonyl (C=O) groups excluding carboxylic acids is 1. The minimum Gasteiger partial charge on any atom is -0.495 e. The summed E-state index contributed by atoms with van der Waals surface area (Å²) in [6.07, 6.45) is 2.43. The van der Waals surface area contributed by atoms with Crippen LogP contribution < -0.4 is 15.2 Å². The second-order valence-electron chi connectivity index (χ2n) is 6.09. The summed E-state index contributed by atoms with van der Waals surface area (Å²) in [5, 5.41) is 0. The molecule has 1 unspecified atom stereocenters. The van der Waals surface area contributed by atoms with Crippen LogP contribution in [0, 0.1) is 5.92 Å². The zero-order valence-corrected chi connectivity index (χ0v) is 16.6. The SMILES string of the molecule is COc1ccc(Br)cc1S(=O)(=O)NCCCN1CCCC(C(N)=O)C1. The van der Waals surface area contributed by atoms with Gasteiger partial charge in [0.1, 0.15) is 10.6 Å². The van der Waals surface area contributed by atoms with Crippen molar-refractivity contribution >= 4 is 31.9 Å². The van der Waals surface area contributed by atoms with E-state index in [2.05, 4.69) is 25.6 Å². The van der Waals surface area contributed by atoms with Crippen molar-refractivity contribution in [3.63, 3.8) is 0 Å². The summed E-state index contributed by atoms with van der Waals surface area (Å²) in [7, 11) is -2.21. The topological polar surface area (TPSA) is 102 Å². The van der Waals surface area contributed by atoms with Gasteiger partial charge in [-0.05, 0) is 50.6 Å². The second-order valence-corrected chi connectivity index (χ2v) is 8.74. The quantitative estimate of drug-likeness (QED) is 0.601. The lowest BCUT2D eigenvalue weighted by molar-refractivity contribution is -0.123. The molecule has 0 spiro atoms. The van der Waals surface area contributed by atoms with E-state index in [0.717, 1.165) is 25.9 Å². The summed E-state index contributed by atoms with van der Waals surface area (Å²) in [5.74, 6) is -0.0560. The van der Waals surface area contributed by atoms with Crippen LogP contribution >= 0.6 is 15.9 Å². The Balaban J connectivity index is 1.87. The van der Waals surface area contributed by atoms with Gasteiger partial charge in [-0.1, -0.05) is 15.9 Å². The highest BCUT2D eigenvalue weighted by molar-refractivity contribution is 9.10. The molecule has 9 heteroatoms. The Morgan fingerprint density at radius 2 is 2.24 bits per heavy atom. The molecule has 0 bridgehead atoms. The molecule has 7 nitrogen and oxygen atoms in total. The highest BCUT2D eigenvalue weighted by Gasteiger charge is 2.24. The monoisotopic (exact) mass is 433 g/mol. The van der Waals surface area contributed by atoms with Crippen molar-refractivity contribution in [1.82, 2.24) is 9.62 Å². The Hall–Kier alpha value is -1.16. The van der Waals surface area contributed by atoms with Gasteiger partial charge in [-0.15, -0.1) is 0 Å². The van der Waals surface area contributed by atoms with E-state index >= 15 is 0 Å². The first-order valence-corrected chi connectivity index (χ1v) is 10.5. The Morgan fingerprint density at radius 1 is 1.48 bits per heavy atom. The molecule has 0 saturated carbocycles. The van der Waals surface area contributed by atoms with Gasteiger partial charge >= 0.3 is 0 Å². The molecular formula is C16H24BrN3O4S. The Morgan fingerprint density at radius 3 is 2.92 bits per heavy atom. The van der Waals surface area contributed by atoms with Gasteiger partial charge in [0.15, 0.2) is 0 Å². The van der Waals surface area contributed by atoms with Crippen molar-refractivity contribution in [1.29, 1.82) is 0 Å². The van der Waals surface area contributed by atoms with E-state index in [-0.39, 0.29) is 16.7 Å². The van der Waals surface area contributed by atoms with E-state index in [1.54, 1.807) is 12.1 Å². The third-order valence-electron chi connectivity index (χ3n) is 4.27. The molecule has 0 aliphatic carbocycles. The van der Waals surface area contributed by atoms with Crippen LogP contribution in [-0.2, 0) is 14.8 Å². The zero-order valence-electron chi connectivity index (χ0n) is 14.2. The first kappa shape index (κ1) is 20.2. The number of rotatable bonds is 8. The molecule has 1 aliphatic heterocycles. The number of hydrogen-bond donors (Lipinski definition) is 2. The van der Waals surface area contributed by atoms with Gasteiger partial charge in [-0.25, -0.2) is 13.1 Å². The van der Waals surface area contributed by atoms with E-state index in [4.69, 9.17) is 10.5 Å². The first-order valence-electron chi connectivity index (χ1n) is 8.18. The predicted octanol–water partition coefficient (Wildman–Crippen LogP) is 1.32. The molecule has 2 rings (SSSR count). The van der Waals surface area contributed by atoms with E-state index in [1.807, 2.05) is 0 Å². The third-order valence-corrected chi connectivity index (χ3v) is 6.24. The van der Waals surface area contributed by atoms with Crippen LogP contribution in [0.2, 0.25) is 0 Å². The average Bonchev–Trinajstić information content (AvgIpc) is 2.59. The lowest BCUT2D eigenvalue weighted by atomic mass is 9.97. The number of halogens is 1. The predicted molar refractivity (Wildman–Crippen MR) is 98.9 cm³/mol. The number of amides is 1. The number of hydrogen-bond acceptors (Lipinski definition) is 5. The van der Waals surface area contributed by atoms with Crippen molar-refractivity contribution in [2.24, 2.45) is 11.7 Å². The molecule has 1 saturated heterocycles. The minimum atomic E-state index is -3.65. The summed E-state index contributed by atoms with van der Waals surface area (Å²) in [6, 6.07) is 4.85. The maximum Gasteiger partial charge on any atom is 0.244 e. The number of ether oxygens (including phenoxy) is 1. The Labute approximate surface area is 157 Å². The molecule has 1 heterocycles. The molecule has 0 aromatic heterocycles. The standard InChI is InChI=1S/C16H24BrN3O4S/c1-24-14-6-5-13(17)10-15(14)25(22,23)19-7-3-9-20-8-2-4-12(11-20)16(18)21/h5-6,10,12,19H,2-4,7-9,11H2,1H3,(H2,18,21). The number of nitrogens with one attached hydrogen (secondary N) is 1. The number of nitrogens with zero attached hydrogens (tertiary/aromatic N) is 1. The summed E-state index contributed by atoms with van der Waals surface area (Å²) >= 11 is 3.28. The molecule has 25 heavy (non-hydrogen) atoms. The van der Waals surface area contributed by atoms with Crippen molar-refractivity contribution in [2.45, 2.75) is 24.2 Å². The molecule has 1 fully saturated rings. The van der Waals surface area contributed by atoms with Crippen LogP contribution in [0.5, 0.6) is 5.75 Å². The van der Waals surface area contributed by atoms with Gasteiger partial charge in [-0.2, -0.15) is 0 Å². The van der Waals surface area contributed by atoms with Crippen molar-refractivity contribution < 1.29 is 17.9 Å². The molecular weight excluding hydrogens is 410 g/mol. The smallest absolute Gasteiger partial charge is 0.244 e. The molecule has 1 atom stereocenters. The Kier molecular flexibility index (Phi) is 7.24. The summed E-state index contributed by atoms with van der Waals surface area (Å²) in [6.45, 7) is 2.61. The lowest BCUT2D eigenvalue weighted by Crippen LogP contribution is -2.42. The number of benzene rings is 1. The number of nitrogens with two attached hydrogens (primary N) is 1. The molecule has 1 amide bonds. The van der Waals surface area contributed by atoms with Gasteiger partial charge in [0.25, 0.3) is 0 Å². The number of carbonyl (C=O) groups is 1. The van der Waals surface area contributed by atoms with Gasteiger partial charge in [0.2, 0.25) is 15.9 Å². The summed E-state index contributed by atoms with van der Waals surface area (Å²) < 4.78 is 33.3. The summed E-state index contributed by atoms with van der Waals surface area (Å²) in [4.78, 5) is 13.6. The van der Waals surface area contributed by atoms with Crippen LogP contribution in [0.15, 0.2) is 27.6 Å². The highest BCUT2D eigenvalue weighted by Crippen LogP contribution is 2.27. The molecule has 0 radical (unpaired) electrons. The first-order chi connectivity index (χ1) is 11.8. The van der Waals surface area contributed by atoms with E-state index in [0.29, 0.717) is 29.7 Å². The van der Waals surface area contributed by atoms with Gasteiger partial charge in [-0.3, -0.25) is 4.79 Å². The van der Waals surface area contributed by atoms with Gasteiger partial charge in [0, 0.05) is 17.6 Å². The Bertz CT molecular complexity index is 711. The largest absolute Gasteiger partial charge is 0.495 e. The summed E-state index contributed by atoms with van der Waals surface area (Å²) in [5.41, 5.74) is 5.37. The van der Waals surface area contributed by atoms with Gasteiger partial charge in [0.05, 0.1) is 13.0 Å². The number of methoxy groups -OCH3 is 1. The van der Waals surface area contributed by atoms with E-state index < -0.39 is 10.0 Å². The molecule has 1 aliphatic rings. The molecule has 1 aromatic carbocycles. The zero-order chi connectivity index (χ0) is 18.4. The van der Waals surface area contributed by atoms with Crippen molar-refractivity contribution in [3.05, 3.63) is 22.7 Å². The lowest BCUT2D eigenvalue weighted by Gasteiger charge is -2.31. The van der Waals surface area contributed by atoms with E-state index in [1.165, 1.54) is 13.2 Å². The van der Waals surface area contributed by atoms with Crippen molar-refractivity contribution in [3.8, 4) is 5.75 Å². The third kappa shape index (κ3) is 5.67. The fourth-order valence-electron chi connectivity index (χ4n) is 2.94. The minimum absolute atomic E-state index is 0.101. The highest BCUT2D eigenvalue weighted by atomic mass is 79.9. The molecule has 140 valence electrons. The van der Waals surface area contributed by atoms with Crippen LogP contribution in [-0.4, -0.2) is 52.5 Å². The number of sulfonamides is 1. The second kappa shape index (κ2) is 8.98.